The normalized spacial score (nSPS) is 23.1. The molecule has 0 unspecified atom stereocenters. The van der Waals surface area contributed by atoms with Crippen molar-refractivity contribution >= 4 is 63.6 Å². The molecular formula is C54H60N4O14S. The Labute approximate surface area is 426 Å². The van der Waals surface area contributed by atoms with Crippen molar-refractivity contribution in [2.75, 3.05) is 25.6 Å². The number of Topliss-reactive ketones (excluding diaryl/α,β-unsaturated/α-hetero) is 1. The molecule has 0 fully saturated rings. The maximum Gasteiger partial charge on any atom is 0.405 e. The minimum atomic E-state index is -1.26. The molecule has 0 aromatic heterocycles. The Kier molecular flexibility index (Phi) is 18.6. The lowest BCUT2D eigenvalue weighted by Gasteiger charge is -2.28. The minimum Gasteiger partial charge on any atom is -0.508 e. The molecule has 2 amide bonds. The molecule has 2 aromatic carbocycles. The Bertz CT molecular complexity index is 2970. The van der Waals surface area contributed by atoms with Crippen molar-refractivity contribution in [1.82, 2.24) is 10.6 Å². The molecule has 386 valence electrons. The molecular weight excluding hydrogens is 961 g/mol. The fraction of sp³-hybridized carbons (Fsp3) is 0.352. The third kappa shape index (κ3) is 14.0. The van der Waals surface area contributed by atoms with Gasteiger partial charge >= 0.3 is 12.1 Å². The molecule has 0 saturated carbocycles. The fourth-order valence-corrected chi connectivity index (χ4v) is 9.05. The van der Waals surface area contributed by atoms with Crippen LogP contribution in [0, 0.1) is 11.8 Å². The van der Waals surface area contributed by atoms with Gasteiger partial charge in [-0.1, -0.05) is 50.6 Å². The number of ketones is 2. The van der Waals surface area contributed by atoms with Crippen LogP contribution in [-0.2, 0) is 28.6 Å². The Hall–Kier alpha value is -7.45. The summed E-state index contributed by atoms with van der Waals surface area (Å²) in [6.07, 6.45) is 4.53. The summed E-state index contributed by atoms with van der Waals surface area (Å²) in [6, 6.07) is 13.4. The summed E-state index contributed by atoms with van der Waals surface area (Å²) in [4.78, 5) is 77.7. The number of anilines is 1. The van der Waals surface area contributed by atoms with Gasteiger partial charge in [0.15, 0.2) is 11.5 Å². The summed E-state index contributed by atoms with van der Waals surface area (Å²) < 4.78 is 22.6. The Morgan fingerprint density at radius 2 is 1.70 bits per heavy atom. The van der Waals surface area contributed by atoms with Crippen LogP contribution in [0.3, 0.4) is 0 Å². The number of unbranched alkanes of at least 4 members (excludes halogenated alkanes) is 3. The van der Waals surface area contributed by atoms with E-state index in [0.717, 1.165) is 6.08 Å². The van der Waals surface area contributed by atoms with Gasteiger partial charge in [0.2, 0.25) is 11.6 Å². The zero-order chi connectivity index (χ0) is 53.1. The third-order valence-electron chi connectivity index (χ3n) is 12.6. The van der Waals surface area contributed by atoms with Crippen molar-refractivity contribution < 1.29 is 63.0 Å². The first-order valence-electron chi connectivity index (χ1n) is 23.7. The Morgan fingerprint density at radius 1 is 0.959 bits per heavy atom. The van der Waals surface area contributed by atoms with Crippen LogP contribution in [0.2, 0.25) is 0 Å². The number of thiocarbonyl (C=S) groups is 1. The second-order valence-corrected chi connectivity index (χ2v) is 18.6. The van der Waals surface area contributed by atoms with E-state index in [-0.39, 0.29) is 75.2 Å². The van der Waals surface area contributed by atoms with E-state index >= 15 is 0 Å². The highest BCUT2D eigenvalue weighted by Gasteiger charge is 2.33. The number of primary amides is 1. The zero-order valence-electron chi connectivity index (χ0n) is 41.1. The van der Waals surface area contributed by atoms with E-state index in [1.54, 1.807) is 57.2 Å². The molecule has 6 atom stereocenters. The molecule has 73 heavy (non-hydrogen) atoms. The number of phenolic OH excluding ortho intramolecular Hbond substituents is 1. The fourth-order valence-electron chi connectivity index (χ4n) is 8.85. The van der Waals surface area contributed by atoms with Crippen molar-refractivity contribution in [1.29, 1.82) is 0 Å². The highest BCUT2D eigenvalue weighted by molar-refractivity contribution is 7.80. The number of nitrogens with two attached hydrogens (primary N) is 1. The molecule has 0 saturated heterocycles. The predicted molar refractivity (Wildman–Crippen MR) is 277 cm³/mol. The van der Waals surface area contributed by atoms with E-state index in [1.165, 1.54) is 56.5 Å². The summed E-state index contributed by atoms with van der Waals surface area (Å²) >= 11 is 5.42. The molecule has 2 bridgehead atoms. The van der Waals surface area contributed by atoms with Gasteiger partial charge < -0.3 is 60.7 Å². The number of aromatic hydroxyl groups is 1. The number of benzene rings is 3. The second-order valence-electron chi connectivity index (χ2n) is 18.2. The number of nitrogens with one attached hydrogen (secondary N) is 3. The first-order valence-corrected chi connectivity index (χ1v) is 24.2. The lowest BCUT2D eigenvalue weighted by molar-refractivity contribution is -0.120. The molecule has 0 spiro atoms. The van der Waals surface area contributed by atoms with E-state index in [4.69, 9.17) is 36.6 Å². The van der Waals surface area contributed by atoms with E-state index in [1.807, 2.05) is 0 Å². The average Bonchev–Trinajstić information content (AvgIpc) is 3.33. The highest BCUT2D eigenvalue weighted by Crippen LogP contribution is 2.42. The third-order valence-corrected chi connectivity index (χ3v) is 12.8. The van der Waals surface area contributed by atoms with Gasteiger partial charge in [0.25, 0.3) is 11.1 Å². The highest BCUT2D eigenvalue weighted by atomic mass is 32.1. The number of allylic oxidation sites excluding steroid dienone is 4. The maximum absolute atomic E-state index is 14.0. The molecule has 2 aliphatic heterocycles. The smallest absolute Gasteiger partial charge is 0.405 e. The van der Waals surface area contributed by atoms with Crippen molar-refractivity contribution in [3.63, 3.8) is 0 Å². The molecule has 0 radical (unpaired) electrons. The van der Waals surface area contributed by atoms with Crippen LogP contribution in [0.1, 0.15) is 76.6 Å². The number of aromatic carboxylic acids is 1. The van der Waals surface area contributed by atoms with Crippen molar-refractivity contribution in [2.45, 2.75) is 90.6 Å². The minimum absolute atomic E-state index is 0.0260. The van der Waals surface area contributed by atoms with Crippen LogP contribution in [0.15, 0.2) is 122 Å². The predicted octanol–water partition coefficient (Wildman–Crippen LogP) is 6.95. The van der Waals surface area contributed by atoms with E-state index in [0.29, 0.717) is 65.6 Å². The van der Waals surface area contributed by atoms with Gasteiger partial charge in [-0.25, -0.2) is 9.59 Å². The molecule has 2 aliphatic carbocycles. The number of phenols is 1. The number of hydrogen-bond acceptors (Lipinski definition) is 15. The number of carbonyl (C=O) groups excluding carboxylic acids is 4. The number of amides is 2. The van der Waals surface area contributed by atoms with Crippen molar-refractivity contribution in [3.05, 3.63) is 129 Å². The summed E-state index contributed by atoms with van der Waals surface area (Å²) in [5.74, 6) is -3.82. The van der Waals surface area contributed by atoms with Gasteiger partial charge in [0.1, 0.15) is 23.2 Å². The number of hydrogen-bond donors (Lipinski definition) is 8. The first kappa shape index (κ1) is 54.9. The zero-order valence-corrected chi connectivity index (χ0v) is 41.9. The standard InChI is InChI=1S/C54H60N4O14S/c1-28-21-39-47(41(61)27-40(49(39)64)58-51(65)29(2)11-10-12-43(69-5)50(72-53(55)68)31(4)23-30(3)48(63)42(62)22-28)56-19-8-6-7-9-20-70-54(73)57-32-13-16-35(38(24-32)52(66)67)46-36-17-14-33(59)25-44(36)71-45-26-34(60)15-18-37(45)46/h10-18,23-28,30,42-43,48,50,56,59,62-63H,6-9,19-22H2,1-5H3,(H2,55,68)(H,57,73)(H,58,65)(H,66,67)/b12-10-,29-11+,31-23+/t28-,30+,42+,43+,48-,50+/m1/s1. The van der Waals surface area contributed by atoms with E-state index in [9.17, 15) is 49.2 Å². The number of carbonyl (C=O) groups is 5. The molecule has 9 N–H and O–H groups in total. The number of carboxylic acids is 1. The van der Waals surface area contributed by atoms with Crippen molar-refractivity contribution in [2.24, 2.45) is 17.6 Å². The monoisotopic (exact) mass is 1020 g/mol. The topological polar surface area (TPSA) is 286 Å². The molecule has 2 heterocycles. The van der Waals surface area contributed by atoms with E-state index < -0.39 is 65.8 Å². The number of ether oxygens (including phenoxy) is 3. The van der Waals surface area contributed by atoms with Crippen LogP contribution in [0.4, 0.5) is 10.5 Å². The number of aliphatic hydroxyl groups is 2. The van der Waals surface area contributed by atoms with Gasteiger partial charge in [-0.2, -0.15) is 0 Å². The Morgan fingerprint density at radius 3 is 2.42 bits per heavy atom. The lowest BCUT2D eigenvalue weighted by Crippen LogP contribution is -2.37. The number of aliphatic hydroxyl groups excluding tert-OH is 2. The second kappa shape index (κ2) is 24.8. The van der Waals surface area contributed by atoms with Gasteiger partial charge in [0.05, 0.1) is 35.8 Å². The number of methoxy groups -OCH3 is 1. The average molecular weight is 1020 g/mol. The Balaban J connectivity index is 1.06. The summed E-state index contributed by atoms with van der Waals surface area (Å²) in [5.41, 5.74) is 7.69. The maximum atomic E-state index is 14.0. The summed E-state index contributed by atoms with van der Waals surface area (Å²) in [6.45, 7) is 7.24. The number of fused-ring (bicyclic) bond motifs is 4. The van der Waals surface area contributed by atoms with Crippen LogP contribution in [-0.4, -0.2) is 99.8 Å². The molecule has 6 rings (SSSR count). The van der Waals surface area contributed by atoms with Gasteiger partial charge in [-0.3, -0.25) is 19.2 Å². The first-order chi connectivity index (χ1) is 34.8. The van der Waals surface area contributed by atoms with Gasteiger partial charge in [-0.05, 0) is 112 Å². The largest absolute Gasteiger partial charge is 0.508 e. The van der Waals surface area contributed by atoms with Crippen molar-refractivity contribution in [3.8, 4) is 28.2 Å². The van der Waals surface area contributed by atoms with Crippen LogP contribution in [0.5, 0.6) is 5.75 Å². The number of rotatable bonds is 13. The SMILES string of the molecule is CO[C@H]1/C=C\C=C(/C)C(=O)NC2=CC(=O)C(NCCCCCCOC(=S)Nc3ccc(-c4c5ccc(=O)cc-5oc5cc(O)ccc45)c(C(=O)O)c3)=C(C[C@@H](C)C[C@H](O)[C@H](O)[C@@H](C)/C=C(\C)[C@@H]1OC(N)=O)C2=O. The molecule has 2 aromatic rings. The van der Waals surface area contributed by atoms with Crippen LogP contribution in [0.25, 0.3) is 33.4 Å². The van der Waals surface area contributed by atoms with Crippen LogP contribution < -0.4 is 27.1 Å². The van der Waals surface area contributed by atoms with Gasteiger partial charge in [-0.15, -0.1) is 0 Å². The molecule has 18 nitrogen and oxygen atoms in total. The summed E-state index contributed by atoms with van der Waals surface area (Å²) in [5, 5.41) is 52.0. The summed E-state index contributed by atoms with van der Waals surface area (Å²) in [7, 11) is 1.39. The van der Waals surface area contributed by atoms with E-state index in [2.05, 4.69) is 16.0 Å². The molecule has 19 heteroatoms. The quantitative estimate of drug-likeness (QED) is 0.0221. The number of carboxylic acid groups (broad SMARTS) is 1. The molecule has 4 aliphatic rings. The lowest BCUT2D eigenvalue weighted by atomic mass is 9.85. The van der Waals surface area contributed by atoms with Gasteiger partial charge in [0, 0.05) is 71.1 Å². The van der Waals surface area contributed by atoms with Crippen LogP contribution >= 0.6 is 12.2 Å².